The zero-order chi connectivity index (χ0) is 16.4. The van der Waals surface area contributed by atoms with Crippen molar-refractivity contribution in [2.75, 3.05) is 12.3 Å². The molecule has 0 saturated carbocycles. The Morgan fingerprint density at radius 2 is 1.87 bits per heavy atom. The van der Waals surface area contributed by atoms with Gasteiger partial charge in [0.1, 0.15) is 5.37 Å². The highest BCUT2D eigenvalue weighted by atomic mass is 79.9. The Morgan fingerprint density at radius 3 is 2.48 bits per heavy atom. The first-order valence-electron chi connectivity index (χ1n) is 7.73. The lowest BCUT2D eigenvalue weighted by Crippen LogP contribution is -2.33. The molecular formula is C18H20BrN2OS+. The summed E-state index contributed by atoms with van der Waals surface area (Å²) in [5, 5.41) is 0.143. The summed E-state index contributed by atoms with van der Waals surface area (Å²) in [4.78, 5) is 14.1. The van der Waals surface area contributed by atoms with Gasteiger partial charge in [-0.3, -0.25) is 4.79 Å². The van der Waals surface area contributed by atoms with Crippen LogP contribution in [-0.2, 0) is 4.79 Å². The predicted octanol–water partition coefficient (Wildman–Crippen LogP) is 3.96. The molecule has 23 heavy (non-hydrogen) atoms. The van der Waals surface area contributed by atoms with Crippen LogP contribution in [0.15, 0.2) is 53.3 Å². The van der Waals surface area contributed by atoms with E-state index in [2.05, 4.69) is 71.0 Å². The summed E-state index contributed by atoms with van der Waals surface area (Å²) in [5.41, 5.74) is 2.31. The lowest BCUT2D eigenvalue weighted by molar-refractivity contribution is -0.595. The van der Waals surface area contributed by atoms with Crippen LogP contribution in [0, 0.1) is 5.92 Å². The van der Waals surface area contributed by atoms with E-state index in [0.717, 1.165) is 16.7 Å². The van der Waals surface area contributed by atoms with Gasteiger partial charge >= 0.3 is 0 Å². The van der Waals surface area contributed by atoms with Gasteiger partial charge in [0.25, 0.3) is 0 Å². The zero-order valence-corrected chi connectivity index (χ0v) is 15.7. The van der Waals surface area contributed by atoms with Crippen LogP contribution in [0.5, 0.6) is 0 Å². The third-order valence-electron chi connectivity index (χ3n) is 3.80. The molecule has 1 aliphatic heterocycles. The van der Waals surface area contributed by atoms with E-state index in [9.17, 15) is 4.79 Å². The number of halogens is 1. The molecule has 1 atom stereocenters. The highest BCUT2D eigenvalue weighted by molar-refractivity contribution is 9.10. The molecule has 1 aromatic heterocycles. The highest BCUT2D eigenvalue weighted by Crippen LogP contribution is 2.38. The van der Waals surface area contributed by atoms with Crippen LogP contribution in [0.3, 0.4) is 0 Å². The molecule has 120 valence electrons. The van der Waals surface area contributed by atoms with Crippen LogP contribution in [-0.4, -0.2) is 23.1 Å². The van der Waals surface area contributed by atoms with Gasteiger partial charge in [0.05, 0.1) is 5.75 Å². The van der Waals surface area contributed by atoms with Crippen molar-refractivity contribution in [1.82, 2.24) is 4.90 Å². The SMILES string of the molecule is CC(C)CN1C(=O)CSC1c1cc[n+](-c2ccc(Br)cc2)cc1. The molecular weight excluding hydrogens is 372 g/mol. The molecule has 0 radical (unpaired) electrons. The van der Waals surface area contributed by atoms with Crippen LogP contribution < -0.4 is 4.57 Å². The number of rotatable bonds is 4. The number of carbonyl (C=O) groups excluding carboxylic acids is 1. The van der Waals surface area contributed by atoms with Gasteiger partial charge in [-0.25, -0.2) is 0 Å². The maximum Gasteiger partial charge on any atom is 0.233 e. The molecule has 1 fully saturated rings. The molecule has 1 amide bonds. The summed E-state index contributed by atoms with van der Waals surface area (Å²) < 4.78 is 3.16. The van der Waals surface area contributed by atoms with Crippen LogP contribution in [0.25, 0.3) is 5.69 Å². The second-order valence-electron chi connectivity index (χ2n) is 6.12. The smallest absolute Gasteiger partial charge is 0.233 e. The molecule has 0 spiro atoms. The summed E-state index contributed by atoms with van der Waals surface area (Å²) in [6.07, 6.45) is 4.13. The molecule has 3 nitrogen and oxygen atoms in total. The molecule has 0 aliphatic carbocycles. The maximum atomic E-state index is 12.1. The Morgan fingerprint density at radius 1 is 1.22 bits per heavy atom. The van der Waals surface area contributed by atoms with E-state index < -0.39 is 0 Å². The summed E-state index contributed by atoms with van der Waals surface area (Å²) in [6, 6.07) is 12.4. The van der Waals surface area contributed by atoms with Crippen LogP contribution in [0.2, 0.25) is 0 Å². The molecule has 1 aromatic carbocycles. The number of benzene rings is 1. The number of aromatic nitrogens is 1. The van der Waals surface area contributed by atoms with Gasteiger partial charge in [-0.1, -0.05) is 29.8 Å². The Labute approximate surface area is 149 Å². The van der Waals surface area contributed by atoms with E-state index in [-0.39, 0.29) is 11.3 Å². The van der Waals surface area contributed by atoms with Gasteiger partial charge in [-0.05, 0) is 23.6 Å². The van der Waals surface area contributed by atoms with E-state index in [1.165, 1.54) is 5.56 Å². The first-order valence-corrected chi connectivity index (χ1v) is 9.57. The Kier molecular flexibility index (Phi) is 5.07. The molecule has 1 unspecified atom stereocenters. The molecule has 3 rings (SSSR count). The van der Waals surface area contributed by atoms with Crippen molar-refractivity contribution in [3.8, 4) is 5.69 Å². The standard InChI is InChI=1S/C18H20BrN2OS/c1-13(2)11-21-17(22)12-23-18(21)14-7-9-20(10-8-14)16-5-3-15(19)4-6-16/h3-10,13,18H,11-12H2,1-2H3/q+1. The first-order chi connectivity index (χ1) is 11.0. The van der Waals surface area contributed by atoms with Crippen molar-refractivity contribution in [2.24, 2.45) is 5.92 Å². The number of hydrogen-bond donors (Lipinski definition) is 0. The third kappa shape index (κ3) is 3.78. The van der Waals surface area contributed by atoms with Crippen molar-refractivity contribution in [2.45, 2.75) is 19.2 Å². The number of nitrogens with zero attached hydrogens (tertiary/aromatic N) is 2. The second-order valence-corrected chi connectivity index (χ2v) is 8.10. The quantitative estimate of drug-likeness (QED) is 0.736. The average molecular weight is 392 g/mol. The normalized spacial score (nSPS) is 18.0. The predicted molar refractivity (Wildman–Crippen MR) is 97.4 cm³/mol. The molecule has 2 heterocycles. The topological polar surface area (TPSA) is 24.2 Å². The van der Waals surface area contributed by atoms with Crippen LogP contribution in [0.4, 0.5) is 0 Å². The second kappa shape index (κ2) is 7.05. The average Bonchev–Trinajstić information content (AvgIpc) is 2.89. The minimum absolute atomic E-state index is 0.143. The van der Waals surface area contributed by atoms with Crippen molar-refractivity contribution in [3.05, 3.63) is 58.8 Å². The molecule has 0 bridgehead atoms. The monoisotopic (exact) mass is 391 g/mol. The van der Waals surface area contributed by atoms with Crippen molar-refractivity contribution >= 4 is 33.6 Å². The molecule has 5 heteroatoms. The number of carbonyl (C=O) groups is 1. The van der Waals surface area contributed by atoms with Crippen molar-refractivity contribution in [3.63, 3.8) is 0 Å². The Balaban J connectivity index is 1.81. The lowest BCUT2D eigenvalue weighted by Gasteiger charge is -2.25. The molecule has 1 saturated heterocycles. The van der Waals surface area contributed by atoms with E-state index in [1.54, 1.807) is 11.8 Å². The lowest BCUT2D eigenvalue weighted by atomic mass is 10.1. The summed E-state index contributed by atoms with van der Waals surface area (Å²) in [7, 11) is 0. The van der Waals surface area contributed by atoms with E-state index in [0.29, 0.717) is 11.7 Å². The Hall–Kier alpha value is -1.33. The third-order valence-corrected chi connectivity index (χ3v) is 5.58. The van der Waals surface area contributed by atoms with Gasteiger partial charge in [-0.2, -0.15) is 4.57 Å². The summed E-state index contributed by atoms with van der Waals surface area (Å²) in [5.74, 6) is 1.31. The fraction of sp³-hybridized carbons (Fsp3) is 0.333. The molecule has 2 aromatic rings. The van der Waals surface area contributed by atoms with Crippen molar-refractivity contribution < 1.29 is 9.36 Å². The maximum absolute atomic E-state index is 12.1. The Bertz CT molecular complexity index is 685. The zero-order valence-electron chi connectivity index (χ0n) is 13.3. The van der Waals surface area contributed by atoms with Gasteiger partial charge in [0, 0.05) is 35.3 Å². The van der Waals surface area contributed by atoms with Crippen molar-refractivity contribution in [1.29, 1.82) is 0 Å². The van der Waals surface area contributed by atoms with Gasteiger partial charge in [-0.15, -0.1) is 11.8 Å². The fourth-order valence-electron chi connectivity index (χ4n) is 2.71. The van der Waals surface area contributed by atoms with Gasteiger partial charge in [0.2, 0.25) is 11.6 Å². The number of pyridine rings is 1. The first kappa shape index (κ1) is 16.5. The summed E-state index contributed by atoms with van der Waals surface area (Å²) in [6.45, 7) is 5.12. The van der Waals surface area contributed by atoms with E-state index in [4.69, 9.17) is 0 Å². The fourth-order valence-corrected chi connectivity index (χ4v) is 4.17. The van der Waals surface area contributed by atoms with Gasteiger partial charge in [0.15, 0.2) is 12.4 Å². The summed E-state index contributed by atoms with van der Waals surface area (Å²) >= 11 is 5.17. The van der Waals surface area contributed by atoms with E-state index >= 15 is 0 Å². The highest BCUT2D eigenvalue weighted by Gasteiger charge is 2.33. The van der Waals surface area contributed by atoms with E-state index in [1.807, 2.05) is 17.0 Å². The van der Waals surface area contributed by atoms with Crippen LogP contribution >= 0.6 is 27.7 Å². The van der Waals surface area contributed by atoms with Gasteiger partial charge < -0.3 is 4.90 Å². The largest absolute Gasteiger partial charge is 0.326 e. The number of thioether (sulfide) groups is 1. The molecule has 1 aliphatic rings. The van der Waals surface area contributed by atoms with Crippen LogP contribution in [0.1, 0.15) is 24.8 Å². The molecule has 0 N–H and O–H groups in total. The minimum Gasteiger partial charge on any atom is -0.326 e. The number of amides is 1. The number of hydrogen-bond acceptors (Lipinski definition) is 2. The minimum atomic E-state index is 0.143.